The molecule has 0 aliphatic heterocycles. The van der Waals surface area contributed by atoms with Crippen LogP contribution >= 0.6 is 11.8 Å². The van der Waals surface area contributed by atoms with Crippen molar-refractivity contribution in [3.8, 4) is 5.75 Å². The van der Waals surface area contributed by atoms with Crippen LogP contribution in [0.25, 0.3) is 0 Å². The number of carbonyl (C=O) groups excluding carboxylic acids is 1. The number of hydrogen-bond donors (Lipinski definition) is 0. The highest BCUT2D eigenvalue weighted by atomic mass is 32.2. The Kier molecular flexibility index (Phi) is 5.07. The quantitative estimate of drug-likeness (QED) is 0.356. The Bertz CT molecular complexity index is 653. The average molecular weight is 330 g/mol. The molecule has 2 nitrogen and oxygen atoms in total. The van der Waals surface area contributed by atoms with Crippen LogP contribution in [-0.2, 0) is 11.0 Å². The van der Waals surface area contributed by atoms with Crippen LogP contribution in [0.4, 0.5) is 17.6 Å². The molecule has 0 aliphatic carbocycles. The summed E-state index contributed by atoms with van der Waals surface area (Å²) in [5.41, 5.74) is -1.00. The number of ether oxygens (including phenoxy) is 1. The van der Waals surface area contributed by atoms with Gasteiger partial charge >= 0.3 is 12.1 Å². The number of esters is 1. The van der Waals surface area contributed by atoms with Gasteiger partial charge in [0.15, 0.2) is 0 Å². The third-order valence-corrected chi connectivity index (χ3v) is 3.57. The zero-order valence-corrected chi connectivity index (χ0v) is 11.9. The van der Waals surface area contributed by atoms with Crippen LogP contribution in [0.5, 0.6) is 5.75 Å². The molecule has 116 valence electrons. The summed E-state index contributed by atoms with van der Waals surface area (Å²) in [6, 6.07) is 9.89. The molecule has 0 unspecified atom stereocenters. The number of rotatable bonds is 4. The summed E-state index contributed by atoms with van der Waals surface area (Å²) < 4.78 is 55.8. The van der Waals surface area contributed by atoms with E-state index in [0.29, 0.717) is 4.90 Å². The van der Waals surface area contributed by atoms with Crippen LogP contribution < -0.4 is 4.74 Å². The Labute approximate surface area is 128 Å². The SMILES string of the molecule is O=C(CSc1ccc(F)cc1)Oc1ccccc1C(F)(F)F. The van der Waals surface area contributed by atoms with Gasteiger partial charge in [-0.3, -0.25) is 4.79 Å². The minimum Gasteiger partial charge on any atom is -0.425 e. The van der Waals surface area contributed by atoms with Crippen LogP contribution in [0.1, 0.15) is 5.56 Å². The lowest BCUT2D eigenvalue weighted by Crippen LogP contribution is -2.15. The topological polar surface area (TPSA) is 26.3 Å². The summed E-state index contributed by atoms with van der Waals surface area (Å²) in [7, 11) is 0. The van der Waals surface area contributed by atoms with Gasteiger partial charge in [-0.15, -0.1) is 11.8 Å². The lowest BCUT2D eigenvalue weighted by Gasteiger charge is -2.12. The number of carbonyl (C=O) groups is 1. The van der Waals surface area contributed by atoms with Gasteiger partial charge < -0.3 is 4.74 Å². The highest BCUT2D eigenvalue weighted by molar-refractivity contribution is 8.00. The zero-order chi connectivity index (χ0) is 16.2. The molecule has 22 heavy (non-hydrogen) atoms. The predicted octanol–water partition coefficient (Wildman–Crippen LogP) is 4.54. The van der Waals surface area contributed by atoms with Crippen molar-refractivity contribution >= 4 is 17.7 Å². The molecule has 2 aromatic rings. The van der Waals surface area contributed by atoms with Gasteiger partial charge in [-0.05, 0) is 36.4 Å². The minimum atomic E-state index is -4.60. The van der Waals surface area contributed by atoms with Crippen molar-refractivity contribution in [2.24, 2.45) is 0 Å². The standard InChI is InChI=1S/C15H10F4O2S/c16-10-5-7-11(8-6-10)22-9-14(20)21-13-4-2-1-3-12(13)15(17,18)19/h1-8H,9H2. The molecular weight excluding hydrogens is 320 g/mol. The molecule has 0 N–H and O–H groups in total. The highest BCUT2D eigenvalue weighted by Crippen LogP contribution is 2.36. The molecule has 0 saturated heterocycles. The summed E-state index contributed by atoms with van der Waals surface area (Å²) in [6.07, 6.45) is -4.60. The van der Waals surface area contributed by atoms with E-state index in [2.05, 4.69) is 0 Å². The van der Waals surface area contributed by atoms with Crippen molar-refractivity contribution < 1.29 is 27.1 Å². The Hall–Kier alpha value is -2.02. The van der Waals surface area contributed by atoms with E-state index in [-0.39, 0.29) is 5.75 Å². The second kappa shape index (κ2) is 6.83. The van der Waals surface area contributed by atoms with E-state index in [1.54, 1.807) is 0 Å². The normalized spacial score (nSPS) is 11.3. The number of para-hydroxylation sites is 1. The average Bonchev–Trinajstić information content (AvgIpc) is 2.46. The molecule has 0 spiro atoms. The van der Waals surface area contributed by atoms with Crippen LogP contribution in [0.2, 0.25) is 0 Å². The number of hydrogen-bond acceptors (Lipinski definition) is 3. The first-order chi connectivity index (χ1) is 10.4. The van der Waals surface area contributed by atoms with Gasteiger partial charge in [-0.2, -0.15) is 13.2 Å². The van der Waals surface area contributed by atoms with Crippen LogP contribution in [0.3, 0.4) is 0 Å². The molecule has 0 atom stereocenters. The number of alkyl halides is 3. The largest absolute Gasteiger partial charge is 0.425 e. The summed E-state index contributed by atoms with van der Waals surface area (Å²) >= 11 is 1.05. The van der Waals surface area contributed by atoms with Crippen molar-refractivity contribution in [1.29, 1.82) is 0 Å². The van der Waals surface area contributed by atoms with Gasteiger partial charge in [-0.25, -0.2) is 4.39 Å². The number of thioether (sulfide) groups is 1. The maximum absolute atomic E-state index is 12.8. The Morgan fingerprint density at radius 1 is 1.05 bits per heavy atom. The van der Waals surface area contributed by atoms with Gasteiger partial charge in [0.25, 0.3) is 0 Å². The van der Waals surface area contributed by atoms with Gasteiger partial charge in [0.2, 0.25) is 0 Å². The molecule has 2 rings (SSSR count). The van der Waals surface area contributed by atoms with Gasteiger partial charge in [0.05, 0.1) is 11.3 Å². The van der Waals surface area contributed by atoms with Crippen molar-refractivity contribution in [3.05, 3.63) is 59.9 Å². The van der Waals surface area contributed by atoms with E-state index < -0.39 is 29.3 Å². The number of halogens is 4. The van der Waals surface area contributed by atoms with E-state index in [0.717, 1.165) is 23.9 Å². The van der Waals surface area contributed by atoms with Crippen molar-refractivity contribution in [1.82, 2.24) is 0 Å². The minimum absolute atomic E-state index is 0.183. The molecule has 0 saturated carbocycles. The molecule has 0 aromatic heterocycles. The van der Waals surface area contributed by atoms with Crippen LogP contribution in [0.15, 0.2) is 53.4 Å². The first-order valence-corrected chi connectivity index (χ1v) is 7.10. The molecule has 0 heterocycles. The van der Waals surface area contributed by atoms with Crippen LogP contribution in [-0.4, -0.2) is 11.7 Å². The zero-order valence-electron chi connectivity index (χ0n) is 11.1. The second-order valence-electron chi connectivity index (χ2n) is 4.21. The summed E-state index contributed by atoms with van der Waals surface area (Å²) in [6.45, 7) is 0. The molecule has 0 radical (unpaired) electrons. The third kappa shape index (κ3) is 4.49. The van der Waals surface area contributed by atoms with E-state index in [1.165, 1.54) is 36.4 Å². The first-order valence-electron chi connectivity index (χ1n) is 6.11. The van der Waals surface area contributed by atoms with E-state index in [4.69, 9.17) is 4.74 Å². The smallest absolute Gasteiger partial charge is 0.419 e. The van der Waals surface area contributed by atoms with Crippen LogP contribution in [0, 0.1) is 5.82 Å². The van der Waals surface area contributed by atoms with Gasteiger partial charge in [0, 0.05) is 4.90 Å². The fourth-order valence-corrected chi connectivity index (χ4v) is 2.29. The monoisotopic (exact) mass is 330 g/mol. The van der Waals surface area contributed by atoms with E-state index >= 15 is 0 Å². The fourth-order valence-electron chi connectivity index (χ4n) is 1.62. The van der Waals surface area contributed by atoms with Gasteiger partial charge in [0.1, 0.15) is 11.6 Å². The summed E-state index contributed by atoms with van der Waals surface area (Å²) in [4.78, 5) is 12.3. The van der Waals surface area contributed by atoms with E-state index in [9.17, 15) is 22.4 Å². The second-order valence-corrected chi connectivity index (χ2v) is 5.26. The molecule has 2 aromatic carbocycles. The van der Waals surface area contributed by atoms with Crippen molar-refractivity contribution in [3.63, 3.8) is 0 Å². The Morgan fingerprint density at radius 3 is 2.32 bits per heavy atom. The third-order valence-electron chi connectivity index (χ3n) is 2.59. The molecule has 0 amide bonds. The summed E-state index contributed by atoms with van der Waals surface area (Å²) in [5, 5.41) is 0. The van der Waals surface area contributed by atoms with E-state index in [1.807, 2.05) is 0 Å². The molecule has 7 heteroatoms. The first kappa shape index (κ1) is 16.4. The maximum Gasteiger partial charge on any atom is 0.419 e. The van der Waals surface area contributed by atoms with Crippen molar-refractivity contribution in [2.75, 3.05) is 5.75 Å². The lowest BCUT2D eigenvalue weighted by atomic mass is 10.2. The maximum atomic E-state index is 12.8. The van der Waals surface area contributed by atoms with Crippen molar-refractivity contribution in [2.45, 2.75) is 11.1 Å². The Balaban J connectivity index is 1.99. The molecule has 0 bridgehead atoms. The summed E-state index contributed by atoms with van der Waals surface area (Å²) in [5.74, 6) is -1.94. The molecule has 0 aliphatic rings. The molecule has 0 fully saturated rings. The highest BCUT2D eigenvalue weighted by Gasteiger charge is 2.34. The predicted molar refractivity (Wildman–Crippen MR) is 74.2 cm³/mol. The lowest BCUT2D eigenvalue weighted by molar-refractivity contribution is -0.141. The fraction of sp³-hybridized carbons (Fsp3) is 0.133. The van der Waals surface area contributed by atoms with Gasteiger partial charge in [-0.1, -0.05) is 12.1 Å². The number of benzene rings is 2. The molecular formula is C15H10F4O2S. The Morgan fingerprint density at radius 2 is 1.68 bits per heavy atom.